The first kappa shape index (κ1) is 14.4. The van der Waals surface area contributed by atoms with Gasteiger partial charge in [0.2, 0.25) is 0 Å². The maximum absolute atomic E-state index is 12.8. The van der Waals surface area contributed by atoms with Crippen LogP contribution >= 0.6 is 27.5 Å². The van der Waals surface area contributed by atoms with Crippen LogP contribution in [-0.4, -0.2) is 26.0 Å². The Labute approximate surface area is 137 Å². The highest BCUT2D eigenvalue weighted by Gasteiger charge is 2.27. The van der Waals surface area contributed by atoms with Crippen LogP contribution in [0.4, 0.5) is 11.4 Å². The van der Waals surface area contributed by atoms with E-state index in [2.05, 4.69) is 20.8 Å². The number of para-hydroxylation sites is 2. The Kier molecular flexibility index (Phi) is 3.91. The molecule has 3 rings (SSSR count). The summed E-state index contributed by atoms with van der Waals surface area (Å²) < 4.78 is 0.734. The molecule has 0 atom stereocenters. The van der Waals surface area contributed by atoms with Crippen molar-refractivity contribution in [1.29, 1.82) is 0 Å². The van der Waals surface area contributed by atoms with E-state index in [1.807, 2.05) is 43.4 Å². The number of benzene rings is 2. The third-order valence-electron chi connectivity index (χ3n) is 3.67. The van der Waals surface area contributed by atoms with Gasteiger partial charge in [0.25, 0.3) is 5.91 Å². The summed E-state index contributed by atoms with van der Waals surface area (Å²) in [7, 11) is 2.03. The Hall–Kier alpha value is -1.52. The van der Waals surface area contributed by atoms with Crippen LogP contribution < -0.4 is 9.80 Å². The number of amides is 1. The molecule has 0 spiro atoms. The average molecular weight is 366 g/mol. The molecule has 1 amide bonds. The first-order valence-corrected chi connectivity index (χ1v) is 7.82. The molecule has 1 aliphatic rings. The molecule has 3 nitrogen and oxygen atoms in total. The van der Waals surface area contributed by atoms with Crippen molar-refractivity contribution in [3.05, 3.63) is 57.5 Å². The number of anilines is 2. The Morgan fingerprint density at radius 1 is 1.10 bits per heavy atom. The van der Waals surface area contributed by atoms with Gasteiger partial charge in [-0.1, -0.05) is 29.8 Å². The molecule has 21 heavy (non-hydrogen) atoms. The quantitative estimate of drug-likeness (QED) is 0.756. The van der Waals surface area contributed by atoms with Gasteiger partial charge in [0.1, 0.15) is 0 Å². The highest BCUT2D eigenvalue weighted by Crippen LogP contribution is 2.34. The predicted molar refractivity (Wildman–Crippen MR) is 90.5 cm³/mol. The third kappa shape index (κ3) is 2.54. The Balaban J connectivity index is 2.03. The van der Waals surface area contributed by atoms with E-state index in [1.54, 1.807) is 11.0 Å². The van der Waals surface area contributed by atoms with E-state index in [9.17, 15) is 4.79 Å². The van der Waals surface area contributed by atoms with Crippen molar-refractivity contribution < 1.29 is 4.79 Å². The van der Waals surface area contributed by atoms with Gasteiger partial charge in [-0.15, -0.1) is 0 Å². The minimum Gasteiger partial charge on any atom is -0.371 e. The van der Waals surface area contributed by atoms with Gasteiger partial charge in [-0.05, 0) is 40.2 Å². The molecule has 0 fully saturated rings. The van der Waals surface area contributed by atoms with Crippen molar-refractivity contribution >= 4 is 44.8 Å². The molecule has 0 unspecified atom stereocenters. The van der Waals surface area contributed by atoms with E-state index in [4.69, 9.17) is 11.6 Å². The lowest BCUT2D eigenvalue weighted by Crippen LogP contribution is -2.42. The summed E-state index contributed by atoms with van der Waals surface area (Å²) >= 11 is 9.63. The van der Waals surface area contributed by atoms with E-state index in [0.717, 1.165) is 22.4 Å². The highest BCUT2D eigenvalue weighted by molar-refractivity contribution is 9.10. The zero-order valence-electron chi connectivity index (χ0n) is 11.5. The molecule has 1 aliphatic heterocycles. The topological polar surface area (TPSA) is 23.6 Å². The summed E-state index contributed by atoms with van der Waals surface area (Å²) in [5, 5.41) is 0.457. The minimum absolute atomic E-state index is 0.0677. The predicted octanol–water partition coefficient (Wildman–Crippen LogP) is 4.20. The van der Waals surface area contributed by atoms with Crippen LogP contribution in [0.1, 0.15) is 10.4 Å². The SMILES string of the molecule is CN1CCN(C(=O)c2cccc(Br)c2Cl)c2ccccc21. The summed E-state index contributed by atoms with van der Waals surface area (Å²) in [5.41, 5.74) is 2.50. The normalized spacial score (nSPS) is 14.0. The lowest BCUT2D eigenvalue weighted by molar-refractivity contribution is 0.0987. The molecule has 108 valence electrons. The van der Waals surface area contributed by atoms with Gasteiger partial charge in [0.15, 0.2) is 0 Å². The van der Waals surface area contributed by atoms with Crippen LogP contribution in [0.5, 0.6) is 0 Å². The van der Waals surface area contributed by atoms with Gasteiger partial charge in [-0.2, -0.15) is 0 Å². The number of hydrogen-bond acceptors (Lipinski definition) is 2. The third-order valence-corrected chi connectivity index (χ3v) is 4.97. The standard InChI is InChI=1S/C16H14BrClN2O/c1-19-9-10-20(14-8-3-2-7-13(14)19)16(21)11-5-4-6-12(17)15(11)18/h2-8H,9-10H2,1H3. The molecule has 0 aromatic heterocycles. The largest absolute Gasteiger partial charge is 0.371 e. The van der Waals surface area contributed by atoms with Crippen LogP contribution in [0.25, 0.3) is 0 Å². The molecular formula is C16H14BrClN2O. The number of fused-ring (bicyclic) bond motifs is 1. The Bertz CT molecular complexity index is 704. The van der Waals surface area contributed by atoms with Crippen molar-refractivity contribution in [2.75, 3.05) is 29.9 Å². The van der Waals surface area contributed by atoms with Gasteiger partial charge in [0.05, 0.1) is 22.0 Å². The average Bonchev–Trinajstić information content (AvgIpc) is 2.50. The molecule has 2 aromatic carbocycles. The van der Waals surface area contributed by atoms with Gasteiger partial charge in [-0.25, -0.2) is 0 Å². The van der Waals surface area contributed by atoms with E-state index < -0.39 is 0 Å². The molecule has 2 aromatic rings. The van der Waals surface area contributed by atoms with Gasteiger partial charge < -0.3 is 9.80 Å². The van der Waals surface area contributed by atoms with Gasteiger partial charge in [-0.3, -0.25) is 4.79 Å². The number of likely N-dealkylation sites (N-methyl/N-ethyl adjacent to an activating group) is 1. The zero-order valence-corrected chi connectivity index (χ0v) is 13.9. The number of carbonyl (C=O) groups is 1. The number of halogens is 2. The number of hydrogen-bond donors (Lipinski definition) is 0. The Morgan fingerprint density at radius 2 is 1.81 bits per heavy atom. The van der Waals surface area contributed by atoms with E-state index >= 15 is 0 Å². The van der Waals surface area contributed by atoms with Crippen LogP contribution in [0.3, 0.4) is 0 Å². The van der Waals surface area contributed by atoms with Gasteiger partial charge in [0, 0.05) is 24.6 Å². The number of rotatable bonds is 1. The lowest BCUT2D eigenvalue weighted by atomic mass is 10.1. The molecule has 0 saturated heterocycles. The van der Waals surface area contributed by atoms with E-state index in [-0.39, 0.29) is 5.91 Å². The molecule has 0 saturated carbocycles. The first-order chi connectivity index (χ1) is 10.1. The minimum atomic E-state index is -0.0677. The van der Waals surface area contributed by atoms with Crippen molar-refractivity contribution in [2.45, 2.75) is 0 Å². The second kappa shape index (κ2) is 5.70. The summed E-state index contributed by atoms with van der Waals surface area (Å²) in [6.07, 6.45) is 0. The Morgan fingerprint density at radius 3 is 2.57 bits per heavy atom. The number of nitrogens with zero attached hydrogens (tertiary/aromatic N) is 2. The van der Waals surface area contributed by atoms with Crippen molar-refractivity contribution in [3.63, 3.8) is 0 Å². The summed E-state index contributed by atoms with van der Waals surface area (Å²) in [5.74, 6) is -0.0677. The summed E-state index contributed by atoms with van der Waals surface area (Å²) in [6.45, 7) is 1.45. The molecule has 0 radical (unpaired) electrons. The smallest absolute Gasteiger partial charge is 0.259 e. The molecule has 0 bridgehead atoms. The lowest BCUT2D eigenvalue weighted by Gasteiger charge is -2.35. The molecule has 0 N–H and O–H groups in total. The first-order valence-electron chi connectivity index (χ1n) is 6.65. The van der Waals surface area contributed by atoms with Crippen molar-refractivity contribution in [3.8, 4) is 0 Å². The van der Waals surface area contributed by atoms with Crippen molar-refractivity contribution in [1.82, 2.24) is 0 Å². The highest BCUT2D eigenvalue weighted by atomic mass is 79.9. The second-order valence-corrected chi connectivity index (χ2v) is 6.20. The fourth-order valence-corrected chi connectivity index (χ4v) is 3.10. The molecule has 0 aliphatic carbocycles. The van der Waals surface area contributed by atoms with Crippen LogP contribution in [0, 0.1) is 0 Å². The molecular weight excluding hydrogens is 352 g/mol. The zero-order chi connectivity index (χ0) is 15.0. The molecule has 1 heterocycles. The summed E-state index contributed by atoms with van der Waals surface area (Å²) in [6, 6.07) is 13.3. The van der Waals surface area contributed by atoms with E-state index in [0.29, 0.717) is 17.1 Å². The fourth-order valence-electron chi connectivity index (χ4n) is 2.53. The number of carbonyl (C=O) groups excluding carboxylic acids is 1. The van der Waals surface area contributed by atoms with Crippen LogP contribution in [-0.2, 0) is 0 Å². The van der Waals surface area contributed by atoms with E-state index in [1.165, 1.54) is 0 Å². The van der Waals surface area contributed by atoms with Crippen LogP contribution in [0.15, 0.2) is 46.9 Å². The second-order valence-electron chi connectivity index (χ2n) is 4.97. The van der Waals surface area contributed by atoms with Crippen LogP contribution in [0.2, 0.25) is 5.02 Å². The fraction of sp³-hybridized carbons (Fsp3) is 0.188. The maximum Gasteiger partial charge on any atom is 0.259 e. The molecule has 5 heteroatoms. The van der Waals surface area contributed by atoms with Gasteiger partial charge >= 0.3 is 0 Å². The van der Waals surface area contributed by atoms with Crippen molar-refractivity contribution in [2.24, 2.45) is 0 Å². The monoisotopic (exact) mass is 364 g/mol. The summed E-state index contributed by atoms with van der Waals surface area (Å²) in [4.78, 5) is 16.8. The maximum atomic E-state index is 12.8.